The monoisotopic (exact) mass is 249 g/mol. The van der Waals surface area contributed by atoms with Crippen molar-refractivity contribution in [1.82, 2.24) is 15.3 Å². The van der Waals surface area contributed by atoms with Crippen LogP contribution in [-0.2, 0) is 11.2 Å². The molecular weight excluding hydrogens is 226 g/mol. The van der Waals surface area contributed by atoms with Gasteiger partial charge in [0.25, 0.3) is 0 Å². The number of hydrogen-bond donors (Lipinski definition) is 2. The summed E-state index contributed by atoms with van der Waals surface area (Å²) in [7, 11) is 0. The van der Waals surface area contributed by atoms with Gasteiger partial charge < -0.3 is 15.0 Å². The van der Waals surface area contributed by atoms with Gasteiger partial charge in [-0.25, -0.2) is 4.98 Å². The molecule has 2 aliphatic rings. The van der Waals surface area contributed by atoms with Gasteiger partial charge in [-0.05, 0) is 44.7 Å². The SMILES string of the molecule is c1nc(CC2CCCNC2)[nH]c1C1CCOCC1. The summed E-state index contributed by atoms with van der Waals surface area (Å²) >= 11 is 0. The number of H-pyrrole nitrogens is 1. The molecule has 0 aromatic carbocycles. The summed E-state index contributed by atoms with van der Waals surface area (Å²) in [5.74, 6) is 2.56. The maximum absolute atomic E-state index is 5.41. The van der Waals surface area contributed by atoms with Gasteiger partial charge in [0.2, 0.25) is 0 Å². The van der Waals surface area contributed by atoms with E-state index in [0.29, 0.717) is 5.92 Å². The van der Waals surface area contributed by atoms with Crippen molar-refractivity contribution in [2.75, 3.05) is 26.3 Å². The van der Waals surface area contributed by atoms with Gasteiger partial charge >= 0.3 is 0 Å². The topological polar surface area (TPSA) is 49.9 Å². The van der Waals surface area contributed by atoms with Gasteiger partial charge in [0.1, 0.15) is 5.82 Å². The summed E-state index contributed by atoms with van der Waals surface area (Å²) in [6.45, 7) is 4.12. The van der Waals surface area contributed by atoms with Crippen LogP contribution in [0.25, 0.3) is 0 Å². The first kappa shape index (κ1) is 12.2. The van der Waals surface area contributed by atoms with Crippen molar-refractivity contribution in [3.8, 4) is 0 Å². The predicted molar refractivity (Wildman–Crippen MR) is 70.7 cm³/mol. The Bertz CT molecular complexity index is 365. The van der Waals surface area contributed by atoms with Crippen LogP contribution in [0, 0.1) is 5.92 Å². The van der Waals surface area contributed by atoms with Crippen LogP contribution < -0.4 is 5.32 Å². The van der Waals surface area contributed by atoms with E-state index in [1.165, 1.54) is 30.9 Å². The third-order valence-electron chi connectivity index (χ3n) is 4.19. The minimum Gasteiger partial charge on any atom is -0.381 e. The first-order valence-corrected chi connectivity index (χ1v) is 7.24. The number of aromatic nitrogens is 2. The molecule has 2 aliphatic heterocycles. The Kier molecular flexibility index (Phi) is 3.96. The molecule has 0 radical (unpaired) electrons. The zero-order valence-electron chi connectivity index (χ0n) is 11.0. The van der Waals surface area contributed by atoms with Crippen LogP contribution in [-0.4, -0.2) is 36.3 Å². The Hall–Kier alpha value is -0.870. The molecule has 2 saturated heterocycles. The number of hydrogen-bond acceptors (Lipinski definition) is 3. The minimum absolute atomic E-state index is 0.629. The molecule has 4 heteroatoms. The molecule has 1 aromatic heterocycles. The van der Waals surface area contributed by atoms with Crippen LogP contribution in [0.1, 0.15) is 43.1 Å². The molecule has 1 atom stereocenters. The average Bonchev–Trinajstić information content (AvgIpc) is 2.89. The highest BCUT2D eigenvalue weighted by molar-refractivity contribution is 5.09. The van der Waals surface area contributed by atoms with E-state index >= 15 is 0 Å². The fourth-order valence-corrected chi connectivity index (χ4v) is 3.07. The Balaban J connectivity index is 1.58. The van der Waals surface area contributed by atoms with Crippen LogP contribution in [0.15, 0.2) is 6.20 Å². The van der Waals surface area contributed by atoms with Crippen LogP contribution >= 0.6 is 0 Å². The second-order valence-electron chi connectivity index (χ2n) is 5.59. The second-order valence-corrected chi connectivity index (χ2v) is 5.59. The molecule has 4 nitrogen and oxygen atoms in total. The molecule has 18 heavy (non-hydrogen) atoms. The molecule has 0 spiro atoms. The summed E-state index contributed by atoms with van der Waals surface area (Å²) in [6, 6.07) is 0. The molecule has 0 bridgehead atoms. The highest BCUT2D eigenvalue weighted by atomic mass is 16.5. The van der Waals surface area contributed by atoms with Gasteiger partial charge in [-0.3, -0.25) is 0 Å². The van der Waals surface area contributed by atoms with E-state index in [1.807, 2.05) is 6.20 Å². The Morgan fingerprint density at radius 1 is 1.28 bits per heavy atom. The van der Waals surface area contributed by atoms with Gasteiger partial charge in [0.05, 0.1) is 0 Å². The summed E-state index contributed by atoms with van der Waals surface area (Å²) in [5.41, 5.74) is 1.32. The molecule has 0 aliphatic carbocycles. The van der Waals surface area contributed by atoms with Crippen molar-refractivity contribution >= 4 is 0 Å². The molecule has 3 heterocycles. The molecule has 100 valence electrons. The van der Waals surface area contributed by atoms with Crippen LogP contribution in [0.4, 0.5) is 0 Å². The lowest BCUT2D eigenvalue weighted by Gasteiger charge is -2.22. The van der Waals surface area contributed by atoms with E-state index in [0.717, 1.165) is 44.9 Å². The third-order valence-corrected chi connectivity index (χ3v) is 4.19. The average molecular weight is 249 g/mol. The van der Waals surface area contributed by atoms with Crippen LogP contribution in [0.3, 0.4) is 0 Å². The van der Waals surface area contributed by atoms with Crippen molar-refractivity contribution in [1.29, 1.82) is 0 Å². The first-order chi connectivity index (χ1) is 8.92. The number of nitrogens with zero attached hydrogens (tertiary/aromatic N) is 1. The van der Waals surface area contributed by atoms with Gasteiger partial charge in [0.15, 0.2) is 0 Å². The standard InChI is InChI=1S/C14H23N3O/c1-2-11(9-15-5-1)8-14-16-10-13(17-14)12-3-6-18-7-4-12/h10-12,15H,1-9H2,(H,16,17). The Morgan fingerprint density at radius 3 is 2.94 bits per heavy atom. The summed E-state index contributed by atoms with van der Waals surface area (Å²) in [6.07, 6.45) is 8.04. The van der Waals surface area contributed by atoms with Gasteiger partial charge in [-0.2, -0.15) is 0 Å². The highest BCUT2D eigenvalue weighted by Crippen LogP contribution is 2.26. The number of ether oxygens (including phenoxy) is 1. The molecule has 3 rings (SSSR count). The Morgan fingerprint density at radius 2 is 2.17 bits per heavy atom. The summed E-state index contributed by atoms with van der Waals surface area (Å²) < 4.78 is 5.41. The molecule has 0 saturated carbocycles. The van der Waals surface area contributed by atoms with Crippen molar-refractivity contribution in [2.45, 2.75) is 38.0 Å². The smallest absolute Gasteiger partial charge is 0.106 e. The first-order valence-electron chi connectivity index (χ1n) is 7.24. The zero-order chi connectivity index (χ0) is 12.2. The lowest BCUT2D eigenvalue weighted by molar-refractivity contribution is 0.0845. The summed E-state index contributed by atoms with van der Waals surface area (Å²) in [5, 5.41) is 3.47. The van der Waals surface area contributed by atoms with Crippen LogP contribution in [0.2, 0.25) is 0 Å². The van der Waals surface area contributed by atoms with E-state index in [2.05, 4.69) is 15.3 Å². The van der Waals surface area contributed by atoms with Gasteiger partial charge in [0, 0.05) is 37.4 Å². The molecule has 1 unspecified atom stereocenters. The summed E-state index contributed by atoms with van der Waals surface area (Å²) in [4.78, 5) is 8.10. The number of nitrogens with one attached hydrogen (secondary N) is 2. The van der Waals surface area contributed by atoms with E-state index in [-0.39, 0.29) is 0 Å². The van der Waals surface area contributed by atoms with E-state index < -0.39 is 0 Å². The number of imidazole rings is 1. The number of aromatic amines is 1. The van der Waals surface area contributed by atoms with E-state index in [1.54, 1.807) is 0 Å². The van der Waals surface area contributed by atoms with Gasteiger partial charge in [-0.1, -0.05) is 0 Å². The largest absolute Gasteiger partial charge is 0.381 e. The second kappa shape index (κ2) is 5.85. The fraction of sp³-hybridized carbons (Fsp3) is 0.786. The maximum Gasteiger partial charge on any atom is 0.106 e. The zero-order valence-corrected chi connectivity index (χ0v) is 11.0. The maximum atomic E-state index is 5.41. The minimum atomic E-state index is 0.629. The normalized spacial score (nSPS) is 26.3. The van der Waals surface area contributed by atoms with Crippen molar-refractivity contribution in [3.63, 3.8) is 0 Å². The van der Waals surface area contributed by atoms with Crippen molar-refractivity contribution < 1.29 is 4.74 Å². The fourth-order valence-electron chi connectivity index (χ4n) is 3.07. The quantitative estimate of drug-likeness (QED) is 0.859. The molecule has 2 fully saturated rings. The van der Waals surface area contributed by atoms with E-state index in [4.69, 9.17) is 4.74 Å². The van der Waals surface area contributed by atoms with Crippen molar-refractivity contribution in [3.05, 3.63) is 17.7 Å². The predicted octanol–water partition coefficient (Wildman–Crippen LogP) is 1.85. The molecule has 0 amide bonds. The van der Waals surface area contributed by atoms with Crippen molar-refractivity contribution in [2.24, 2.45) is 5.92 Å². The highest BCUT2D eigenvalue weighted by Gasteiger charge is 2.19. The third kappa shape index (κ3) is 2.93. The lowest BCUT2D eigenvalue weighted by atomic mass is 9.96. The molecule has 1 aromatic rings. The number of rotatable bonds is 3. The van der Waals surface area contributed by atoms with E-state index in [9.17, 15) is 0 Å². The number of piperidine rings is 1. The van der Waals surface area contributed by atoms with Gasteiger partial charge in [-0.15, -0.1) is 0 Å². The molecular formula is C14H23N3O. The van der Waals surface area contributed by atoms with Crippen LogP contribution in [0.5, 0.6) is 0 Å². The lowest BCUT2D eigenvalue weighted by Crippen LogP contribution is -2.31. The Labute approximate surface area is 109 Å². The molecule has 2 N–H and O–H groups in total.